The molecule has 1 unspecified atom stereocenters. The lowest BCUT2D eigenvalue weighted by Crippen LogP contribution is -2.37. The summed E-state index contributed by atoms with van der Waals surface area (Å²) in [6, 6.07) is 14.5. The maximum Gasteiger partial charge on any atom is 0.290 e. The van der Waals surface area contributed by atoms with Gasteiger partial charge in [0.1, 0.15) is 11.3 Å². The van der Waals surface area contributed by atoms with Gasteiger partial charge in [-0.2, -0.15) is 0 Å². The molecule has 186 valence electrons. The van der Waals surface area contributed by atoms with E-state index in [-0.39, 0.29) is 17.1 Å². The molecule has 0 saturated heterocycles. The Balaban J connectivity index is 1.66. The predicted molar refractivity (Wildman–Crippen MR) is 139 cm³/mol. The normalized spacial score (nSPS) is 15.3. The van der Waals surface area contributed by atoms with Crippen LogP contribution in [0.3, 0.4) is 0 Å². The minimum atomic E-state index is -0.479. The van der Waals surface area contributed by atoms with Gasteiger partial charge >= 0.3 is 0 Å². The first-order chi connectivity index (χ1) is 17.1. The van der Waals surface area contributed by atoms with Gasteiger partial charge in [0, 0.05) is 13.1 Å². The van der Waals surface area contributed by atoms with Gasteiger partial charge in [-0.1, -0.05) is 64.3 Å². The van der Waals surface area contributed by atoms with Crippen molar-refractivity contribution in [3.8, 4) is 5.75 Å². The molecule has 1 aliphatic heterocycles. The molecular weight excluding hydrogens is 440 g/mol. The topological polar surface area (TPSA) is 63.0 Å². The average Bonchev–Trinajstić information content (AvgIpc) is 3.16. The molecule has 3 aromatic rings. The van der Waals surface area contributed by atoms with Crippen LogP contribution in [0.25, 0.3) is 11.0 Å². The van der Waals surface area contributed by atoms with Gasteiger partial charge in [0.15, 0.2) is 5.43 Å². The Morgan fingerprint density at radius 1 is 0.943 bits per heavy atom. The summed E-state index contributed by atoms with van der Waals surface area (Å²) in [6.07, 6.45) is 4.62. The summed E-state index contributed by atoms with van der Waals surface area (Å²) in [5, 5.41) is 0.502. The third-order valence-corrected chi connectivity index (χ3v) is 6.89. The van der Waals surface area contributed by atoms with Crippen LogP contribution in [0.1, 0.15) is 74.2 Å². The molecule has 1 aliphatic rings. The summed E-state index contributed by atoms with van der Waals surface area (Å²) < 4.78 is 11.9. The van der Waals surface area contributed by atoms with E-state index in [0.717, 1.165) is 37.4 Å². The molecule has 6 heteroatoms. The molecule has 1 amide bonds. The monoisotopic (exact) mass is 476 g/mol. The van der Waals surface area contributed by atoms with Crippen molar-refractivity contribution in [2.75, 3.05) is 32.8 Å². The van der Waals surface area contributed by atoms with Crippen LogP contribution < -0.4 is 10.2 Å². The van der Waals surface area contributed by atoms with E-state index in [1.54, 1.807) is 17.0 Å². The number of hydrogen-bond donors (Lipinski definition) is 0. The van der Waals surface area contributed by atoms with Gasteiger partial charge in [-0.05, 0) is 49.3 Å². The van der Waals surface area contributed by atoms with Crippen LogP contribution in [0.15, 0.2) is 57.7 Å². The zero-order valence-corrected chi connectivity index (χ0v) is 21.1. The third-order valence-electron chi connectivity index (χ3n) is 6.89. The number of nitrogens with zero attached hydrogens (tertiary/aromatic N) is 2. The fourth-order valence-corrected chi connectivity index (χ4v) is 4.80. The van der Waals surface area contributed by atoms with Crippen LogP contribution in [0.4, 0.5) is 0 Å². The fraction of sp³-hybridized carbons (Fsp3) is 0.448. The minimum absolute atomic E-state index is 0.137. The summed E-state index contributed by atoms with van der Waals surface area (Å²) in [4.78, 5) is 31.1. The van der Waals surface area contributed by atoms with Gasteiger partial charge < -0.3 is 19.0 Å². The zero-order chi connectivity index (χ0) is 24.8. The van der Waals surface area contributed by atoms with Gasteiger partial charge in [0.05, 0.1) is 23.6 Å². The van der Waals surface area contributed by atoms with Crippen molar-refractivity contribution in [2.45, 2.75) is 52.5 Å². The number of para-hydroxylation sites is 1. The van der Waals surface area contributed by atoms with Crippen molar-refractivity contribution in [1.29, 1.82) is 0 Å². The lowest BCUT2D eigenvalue weighted by molar-refractivity contribution is 0.0708. The Labute approximate surface area is 207 Å². The molecule has 35 heavy (non-hydrogen) atoms. The number of likely N-dealkylation sites (N-methyl/N-ethyl adjacent to an activating group) is 1. The van der Waals surface area contributed by atoms with Crippen molar-refractivity contribution >= 4 is 16.9 Å². The van der Waals surface area contributed by atoms with Gasteiger partial charge in [0.2, 0.25) is 5.76 Å². The maximum absolute atomic E-state index is 13.6. The molecule has 6 nitrogen and oxygen atoms in total. The van der Waals surface area contributed by atoms with Crippen LogP contribution in [-0.4, -0.2) is 48.5 Å². The Morgan fingerprint density at radius 2 is 1.69 bits per heavy atom. The summed E-state index contributed by atoms with van der Waals surface area (Å²) in [6.45, 7) is 10.2. The Hall–Kier alpha value is -3.12. The Kier molecular flexibility index (Phi) is 8.24. The number of benzene rings is 2. The number of rotatable bonds is 12. The van der Waals surface area contributed by atoms with Crippen LogP contribution >= 0.6 is 0 Å². The summed E-state index contributed by atoms with van der Waals surface area (Å²) in [7, 11) is 0. The van der Waals surface area contributed by atoms with E-state index in [9.17, 15) is 9.59 Å². The maximum atomic E-state index is 13.6. The lowest BCUT2D eigenvalue weighted by Gasteiger charge is -2.28. The van der Waals surface area contributed by atoms with Crippen molar-refractivity contribution in [3.63, 3.8) is 0 Å². The second-order valence-corrected chi connectivity index (χ2v) is 9.08. The van der Waals surface area contributed by atoms with E-state index in [2.05, 4.69) is 25.7 Å². The van der Waals surface area contributed by atoms with Crippen LogP contribution in [0.5, 0.6) is 5.75 Å². The quantitative estimate of drug-likeness (QED) is 0.317. The van der Waals surface area contributed by atoms with Crippen molar-refractivity contribution < 1.29 is 13.9 Å². The summed E-state index contributed by atoms with van der Waals surface area (Å²) >= 11 is 0. The van der Waals surface area contributed by atoms with Crippen molar-refractivity contribution in [1.82, 2.24) is 9.80 Å². The van der Waals surface area contributed by atoms with E-state index >= 15 is 0 Å². The molecule has 2 aromatic carbocycles. The number of carbonyl (C=O) groups excluding carboxylic acids is 1. The molecule has 2 heterocycles. The predicted octanol–water partition coefficient (Wildman–Crippen LogP) is 5.64. The summed E-state index contributed by atoms with van der Waals surface area (Å²) in [5.41, 5.74) is 1.63. The highest BCUT2D eigenvalue weighted by Crippen LogP contribution is 2.38. The molecule has 1 aromatic heterocycles. The molecule has 4 rings (SSSR count). The first-order valence-corrected chi connectivity index (χ1v) is 12.9. The van der Waals surface area contributed by atoms with E-state index in [0.29, 0.717) is 29.7 Å². The highest BCUT2D eigenvalue weighted by atomic mass is 16.5. The first-order valence-electron chi connectivity index (χ1n) is 12.9. The lowest BCUT2D eigenvalue weighted by atomic mass is 9.98. The molecular formula is C29H36N2O4. The molecule has 0 bridgehead atoms. The van der Waals surface area contributed by atoms with Crippen molar-refractivity contribution in [2.24, 2.45) is 0 Å². The third kappa shape index (κ3) is 5.27. The van der Waals surface area contributed by atoms with Crippen molar-refractivity contribution in [3.05, 3.63) is 75.6 Å². The average molecular weight is 477 g/mol. The number of carbonyl (C=O) groups is 1. The van der Waals surface area contributed by atoms with Gasteiger partial charge in [-0.3, -0.25) is 9.59 Å². The van der Waals surface area contributed by atoms with E-state index in [1.165, 1.54) is 19.3 Å². The Morgan fingerprint density at radius 3 is 2.40 bits per heavy atom. The molecule has 0 N–H and O–H groups in total. The number of ether oxygens (including phenoxy) is 1. The summed E-state index contributed by atoms with van der Waals surface area (Å²) in [5.74, 6) is 0.737. The van der Waals surface area contributed by atoms with E-state index in [4.69, 9.17) is 9.15 Å². The number of fused-ring (bicyclic) bond motifs is 2. The smallest absolute Gasteiger partial charge is 0.290 e. The van der Waals surface area contributed by atoms with E-state index < -0.39 is 6.04 Å². The number of unbranched alkanes of at least 4 members (excludes halogenated alkanes) is 3. The molecule has 0 aliphatic carbocycles. The molecule has 0 saturated carbocycles. The highest BCUT2D eigenvalue weighted by molar-refractivity contribution is 5.99. The molecule has 0 spiro atoms. The molecule has 0 radical (unpaired) electrons. The Bertz CT molecular complexity index is 1200. The van der Waals surface area contributed by atoms with Crippen LogP contribution in [0.2, 0.25) is 0 Å². The standard InChI is InChI=1S/C29H36N2O4/c1-4-7-8-11-20-34-22-16-14-21(15-17-22)26-25-27(32)23-12-9-10-13-24(23)35-28(25)29(33)31(26)19-18-30(5-2)6-3/h9-10,12-17,26H,4-8,11,18-20H2,1-3H3. The van der Waals surface area contributed by atoms with E-state index in [1.807, 2.05) is 36.4 Å². The minimum Gasteiger partial charge on any atom is -0.494 e. The van der Waals surface area contributed by atoms with Crippen LogP contribution in [0, 0.1) is 0 Å². The largest absolute Gasteiger partial charge is 0.494 e. The fourth-order valence-electron chi connectivity index (χ4n) is 4.80. The number of amides is 1. The SMILES string of the molecule is CCCCCCOc1ccc(C2c3c(oc4ccccc4c3=O)C(=O)N2CCN(CC)CC)cc1. The van der Waals surface area contributed by atoms with Crippen LogP contribution in [-0.2, 0) is 0 Å². The molecule has 1 atom stereocenters. The zero-order valence-electron chi connectivity index (χ0n) is 21.1. The second kappa shape index (κ2) is 11.5. The molecule has 0 fully saturated rings. The van der Waals surface area contributed by atoms with Gasteiger partial charge in [-0.25, -0.2) is 0 Å². The highest BCUT2D eigenvalue weighted by Gasteiger charge is 2.42. The van der Waals surface area contributed by atoms with Gasteiger partial charge in [-0.15, -0.1) is 0 Å². The number of hydrogen-bond acceptors (Lipinski definition) is 5. The van der Waals surface area contributed by atoms with Gasteiger partial charge in [0.25, 0.3) is 5.91 Å². The first kappa shape index (κ1) is 25.0. The second-order valence-electron chi connectivity index (χ2n) is 9.08.